The number of carbonyl (C=O) groups is 1. The Bertz CT molecular complexity index is 663. The molecule has 1 saturated carbocycles. The number of hydrogen-bond acceptors (Lipinski definition) is 4. The molecular weight excluding hydrogens is 328 g/mol. The zero-order chi connectivity index (χ0) is 18.1. The van der Waals surface area contributed by atoms with Crippen LogP contribution in [0.25, 0.3) is 0 Å². The van der Waals surface area contributed by atoms with E-state index < -0.39 is 0 Å². The first kappa shape index (κ1) is 17.7. The number of anilines is 1. The van der Waals surface area contributed by atoms with Gasteiger partial charge in [0, 0.05) is 30.5 Å². The van der Waals surface area contributed by atoms with Crippen molar-refractivity contribution in [2.75, 3.05) is 31.6 Å². The van der Waals surface area contributed by atoms with Crippen molar-refractivity contribution in [1.29, 1.82) is 0 Å². The fourth-order valence-corrected chi connectivity index (χ4v) is 4.09. The maximum Gasteiger partial charge on any atom is 0.227 e. The highest BCUT2D eigenvalue weighted by Crippen LogP contribution is 2.38. The number of benzene rings is 1. The van der Waals surface area contributed by atoms with E-state index in [1.54, 1.807) is 0 Å². The van der Waals surface area contributed by atoms with Crippen molar-refractivity contribution in [2.24, 2.45) is 11.8 Å². The number of rotatable bonds is 6. The lowest BCUT2D eigenvalue weighted by atomic mass is 9.95. The molecule has 1 aromatic rings. The third kappa shape index (κ3) is 3.98. The largest absolute Gasteiger partial charge is 0.492 e. The van der Waals surface area contributed by atoms with Gasteiger partial charge in [0.2, 0.25) is 5.91 Å². The van der Waals surface area contributed by atoms with Crippen molar-refractivity contribution >= 4 is 11.6 Å². The predicted molar refractivity (Wildman–Crippen MR) is 102 cm³/mol. The second kappa shape index (κ2) is 7.47. The van der Waals surface area contributed by atoms with Gasteiger partial charge in [-0.3, -0.25) is 4.79 Å². The molecule has 1 aromatic carbocycles. The molecule has 0 spiro atoms. The van der Waals surface area contributed by atoms with Gasteiger partial charge in [-0.15, -0.1) is 0 Å². The second-order valence-electron chi connectivity index (χ2n) is 8.03. The Morgan fingerprint density at radius 1 is 1.27 bits per heavy atom. The van der Waals surface area contributed by atoms with E-state index >= 15 is 0 Å². The lowest BCUT2D eigenvalue weighted by Crippen LogP contribution is -2.39. The van der Waals surface area contributed by atoms with E-state index in [9.17, 15) is 4.79 Å². The van der Waals surface area contributed by atoms with Gasteiger partial charge in [-0.25, -0.2) is 0 Å². The van der Waals surface area contributed by atoms with E-state index in [0.717, 1.165) is 61.0 Å². The van der Waals surface area contributed by atoms with Crippen LogP contribution in [0, 0.1) is 11.8 Å². The molecule has 0 radical (unpaired) electrons. The van der Waals surface area contributed by atoms with Crippen LogP contribution in [0.3, 0.4) is 0 Å². The molecule has 0 unspecified atom stereocenters. The van der Waals surface area contributed by atoms with Crippen LogP contribution in [-0.4, -0.2) is 43.2 Å². The number of nitrogens with one attached hydrogen (secondary N) is 1. The monoisotopic (exact) mass is 358 g/mol. The van der Waals surface area contributed by atoms with Gasteiger partial charge < -0.3 is 19.7 Å². The summed E-state index contributed by atoms with van der Waals surface area (Å²) >= 11 is 0. The van der Waals surface area contributed by atoms with E-state index in [-0.39, 0.29) is 17.9 Å². The molecule has 5 heteroatoms. The Morgan fingerprint density at radius 3 is 2.73 bits per heavy atom. The van der Waals surface area contributed by atoms with Gasteiger partial charge in [-0.05, 0) is 64.6 Å². The molecule has 5 nitrogen and oxygen atoms in total. The summed E-state index contributed by atoms with van der Waals surface area (Å²) in [5.41, 5.74) is 1.90. The maximum absolute atomic E-state index is 12.8. The number of nitrogens with zero attached hydrogens (tertiary/aromatic N) is 1. The van der Waals surface area contributed by atoms with Gasteiger partial charge in [0.25, 0.3) is 0 Å². The molecule has 1 saturated heterocycles. The summed E-state index contributed by atoms with van der Waals surface area (Å²) in [5, 5.41) is 3.12. The molecule has 142 valence electrons. The highest BCUT2D eigenvalue weighted by atomic mass is 16.5. The van der Waals surface area contributed by atoms with E-state index in [1.165, 1.54) is 19.4 Å². The fourth-order valence-electron chi connectivity index (χ4n) is 4.09. The summed E-state index contributed by atoms with van der Waals surface area (Å²) in [5.74, 6) is 2.75. The average molecular weight is 358 g/mol. The molecule has 0 bridgehead atoms. The molecule has 2 fully saturated rings. The minimum Gasteiger partial charge on any atom is -0.492 e. The standard InChI is InChI=1S/C21H30N2O3/c1-3-25-20-11-17-10-14(2)26-19(17)12-18(20)22-21(24)16-6-8-23(9-7-16)13-15-4-5-15/h11-12,14-16H,3-10,13H2,1-2H3,(H,22,24)/t14-/m0/s1. The van der Waals surface area contributed by atoms with Crippen LogP contribution in [-0.2, 0) is 11.2 Å². The predicted octanol–water partition coefficient (Wildman–Crippen LogP) is 3.47. The summed E-state index contributed by atoms with van der Waals surface area (Å²) in [4.78, 5) is 15.3. The quantitative estimate of drug-likeness (QED) is 0.846. The first-order valence-corrected chi connectivity index (χ1v) is 10.1. The fraction of sp³-hybridized carbons (Fsp3) is 0.667. The molecule has 3 aliphatic rings. The number of ether oxygens (including phenoxy) is 2. The molecule has 4 rings (SSSR count). The zero-order valence-corrected chi connectivity index (χ0v) is 15.9. The third-order valence-electron chi connectivity index (χ3n) is 5.73. The van der Waals surface area contributed by atoms with E-state index in [4.69, 9.17) is 9.47 Å². The van der Waals surface area contributed by atoms with Crippen molar-refractivity contribution in [3.63, 3.8) is 0 Å². The van der Waals surface area contributed by atoms with E-state index in [0.29, 0.717) is 6.61 Å². The molecule has 2 heterocycles. The van der Waals surface area contributed by atoms with Gasteiger partial charge in [-0.1, -0.05) is 0 Å². The average Bonchev–Trinajstić information content (AvgIpc) is 3.36. The number of piperidine rings is 1. The first-order chi connectivity index (χ1) is 12.6. The number of likely N-dealkylation sites (tertiary alicyclic amines) is 1. The molecular formula is C21H30N2O3. The van der Waals surface area contributed by atoms with E-state index in [1.807, 2.05) is 19.1 Å². The topological polar surface area (TPSA) is 50.8 Å². The summed E-state index contributed by atoms with van der Waals surface area (Å²) in [6.07, 6.45) is 5.74. The lowest BCUT2D eigenvalue weighted by molar-refractivity contribution is -0.121. The highest BCUT2D eigenvalue weighted by molar-refractivity contribution is 5.94. The SMILES string of the molecule is CCOc1cc2c(cc1NC(=O)C1CCN(CC3CC3)CC1)O[C@@H](C)C2. The van der Waals surface area contributed by atoms with Crippen molar-refractivity contribution in [3.8, 4) is 11.5 Å². The smallest absolute Gasteiger partial charge is 0.227 e. The molecule has 1 N–H and O–H groups in total. The molecule has 0 aromatic heterocycles. The minimum atomic E-state index is 0.0908. The molecule has 1 atom stereocenters. The van der Waals surface area contributed by atoms with Crippen LogP contribution in [0.2, 0.25) is 0 Å². The summed E-state index contributed by atoms with van der Waals surface area (Å²) in [6.45, 7) is 7.91. The van der Waals surface area contributed by atoms with E-state index in [2.05, 4.69) is 17.1 Å². The normalized spacial score (nSPS) is 23.4. The summed E-state index contributed by atoms with van der Waals surface area (Å²) in [6, 6.07) is 3.96. The Morgan fingerprint density at radius 2 is 2.04 bits per heavy atom. The van der Waals surface area contributed by atoms with Crippen LogP contribution in [0.4, 0.5) is 5.69 Å². The number of hydrogen-bond donors (Lipinski definition) is 1. The van der Waals surface area contributed by atoms with Gasteiger partial charge >= 0.3 is 0 Å². The molecule has 1 amide bonds. The van der Waals surface area contributed by atoms with Crippen molar-refractivity contribution in [3.05, 3.63) is 17.7 Å². The Kier molecular flexibility index (Phi) is 5.07. The van der Waals surface area contributed by atoms with Gasteiger partial charge in [0.1, 0.15) is 17.6 Å². The second-order valence-corrected chi connectivity index (χ2v) is 8.03. The van der Waals surface area contributed by atoms with Crippen molar-refractivity contribution in [2.45, 2.75) is 52.1 Å². The number of amides is 1. The molecule has 2 aliphatic heterocycles. The summed E-state index contributed by atoms with van der Waals surface area (Å²) < 4.78 is 11.6. The van der Waals surface area contributed by atoms with Crippen LogP contribution in [0.1, 0.15) is 45.1 Å². The molecule has 26 heavy (non-hydrogen) atoms. The van der Waals surface area contributed by atoms with Crippen LogP contribution >= 0.6 is 0 Å². The lowest BCUT2D eigenvalue weighted by Gasteiger charge is -2.31. The van der Waals surface area contributed by atoms with Gasteiger partial charge in [0.05, 0.1) is 12.3 Å². The maximum atomic E-state index is 12.8. The highest BCUT2D eigenvalue weighted by Gasteiger charge is 2.30. The Balaban J connectivity index is 1.40. The van der Waals surface area contributed by atoms with Crippen molar-refractivity contribution in [1.82, 2.24) is 4.90 Å². The van der Waals surface area contributed by atoms with Crippen LogP contribution < -0.4 is 14.8 Å². The minimum absolute atomic E-state index is 0.0908. The third-order valence-corrected chi connectivity index (χ3v) is 5.73. The van der Waals surface area contributed by atoms with Crippen LogP contribution in [0.5, 0.6) is 11.5 Å². The zero-order valence-electron chi connectivity index (χ0n) is 15.9. The number of fused-ring (bicyclic) bond motifs is 1. The van der Waals surface area contributed by atoms with Crippen molar-refractivity contribution < 1.29 is 14.3 Å². The van der Waals surface area contributed by atoms with Crippen LogP contribution in [0.15, 0.2) is 12.1 Å². The Hall–Kier alpha value is -1.75. The van der Waals surface area contributed by atoms with Gasteiger partial charge in [0.15, 0.2) is 0 Å². The molecule has 1 aliphatic carbocycles. The van der Waals surface area contributed by atoms with Gasteiger partial charge in [-0.2, -0.15) is 0 Å². The summed E-state index contributed by atoms with van der Waals surface area (Å²) in [7, 11) is 0. The first-order valence-electron chi connectivity index (χ1n) is 10.1. The number of carbonyl (C=O) groups excluding carboxylic acids is 1. The Labute approximate surface area is 156 Å².